The Hall–Kier alpha value is -0.820. The van der Waals surface area contributed by atoms with E-state index in [4.69, 9.17) is 0 Å². The fourth-order valence-electron chi connectivity index (χ4n) is 2.32. The van der Waals surface area contributed by atoms with Gasteiger partial charge in [0, 0.05) is 17.8 Å². The van der Waals surface area contributed by atoms with E-state index < -0.39 is 0 Å². The van der Waals surface area contributed by atoms with Gasteiger partial charge in [0.15, 0.2) is 0 Å². The van der Waals surface area contributed by atoms with Gasteiger partial charge in [0.05, 0.1) is 0 Å². The van der Waals surface area contributed by atoms with Gasteiger partial charge in [-0.25, -0.2) is 0 Å². The van der Waals surface area contributed by atoms with Crippen molar-refractivity contribution in [2.24, 2.45) is 0 Å². The molecule has 0 spiro atoms. The van der Waals surface area contributed by atoms with Gasteiger partial charge in [0.2, 0.25) is 10.1 Å². The molecule has 2 atom stereocenters. The lowest BCUT2D eigenvalue weighted by molar-refractivity contribution is 0.0937. The molecule has 1 aliphatic carbocycles. The molecule has 1 fully saturated rings. The Labute approximate surface area is 128 Å². The lowest BCUT2D eigenvalue weighted by Crippen LogP contribution is -2.33. The average molecular weight is 314 g/mol. The summed E-state index contributed by atoms with van der Waals surface area (Å²) in [6.07, 6.45) is 4.37. The lowest BCUT2D eigenvalue weighted by atomic mass is 10.2. The van der Waals surface area contributed by atoms with Crippen LogP contribution in [0.3, 0.4) is 0 Å². The van der Waals surface area contributed by atoms with Crippen LogP contribution in [0.5, 0.6) is 0 Å². The highest BCUT2D eigenvalue weighted by Gasteiger charge is 2.26. The van der Waals surface area contributed by atoms with Gasteiger partial charge in [-0.3, -0.25) is 4.79 Å². The zero-order valence-corrected chi connectivity index (χ0v) is 13.6. The molecule has 0 saturated heterocycles. The summed E-state index contributed by atoms with van der Waals surface area (Å²) in [6.45, 7) is 5.13. The first kappa shape index (κ1) is 15.6. The molecule has 2 unspecified atom stereocenters. The maximum Gasteiger partial charge on any atom is 0.282 e. The summed E-state index contributed by atoms with van der Waals surface area (Å²) in [5.74, 6) is 1.06. The third-order valence-corrected chi connectivity index (χ3v) is 5.38. The zero-order valence-electron chi connectivity index (χ0n) is 12.0. The van der Waals surface area contributed by atoms with Gasteiger partial charge in [-0.15, -0.1) is 10.2 Å². The van der Waals surface area contributed by atoms with Gasteiger partial charge in [-0.1, -0.05) is 25.2 Å². The van der Waals surface area contributed by atoms with E-state index in [9.17, 15) is 4.79 Å². The number of carbonyl (C=O) groups is 1. The number of nitrogens with zero attached hydrogens (tertiary/aromatic N) is 2. The van der Waals surface area contributed by atoms with Crippen molar-refractivity contribution in [1.29, 1.82) is 0 Å². The molecule has 1 aromatic rings. The van der Waals surface area contributed by atoms with Crippen molar-refractivity contribution in [3.8, 4) is 0 Å². The largest absolute Gasteiger partial charge is 0.360 e. The molecule has 1 aromatic heterocycles. The Kier molecular flexibility index (Phi) is 6.09. The van der Waals surface area contributed by atoms with E-state index in [1.165, 1.54) is 17.8 Å². The second-order valence-corrected chi connectivity index (χ2v) is 7.45. The van der Waals surface area contributed by atoms with E-state index in [-0.39, 0.29) is 5.91 Å². The first-order chi connectivity index (χ1) is 9.72. The SMILES string of the molecule is CCCNc1nnc(C(=O)NC2CCC(SCC)C2)s1. The molecule has 0 aliphatic heterocycles. The minimum atomic E-state index is -0.0841. The standard InChI is InChI=1S/C13H22N4OS2/c1-3-7-14-13-17-16-12(20-13)11(18)15-9-5-6-10(8-9)19-4-2/h9-10H,3-8H2,1-2H3,(H,14,17)(H,15,18). The van der Waals surface area contributed by atoms with Gasteiger partial charge < -0.3 is 10.6 Å². The summed E-state index contributed by atoms with van der Waals surface area (Å²) in [6, 6.07) is 0.294. The molecule has 0 aromatic carbocycles. The van der Waals surface area contributed by atoms with Crippen molar-refractivity contribution in [2.45, 2.75) is 50.8 Å². The van der Waals surface area contributed by atoms with Crippen LogP contribution in [0.15, 0.2) is 0 Å². The first-order valence-electron chi connectivity index (χ1n) is 7.22. The second kappa shape index (κ2) is 7.83. The van der Waals surface area contributed by atoms with E-state index in [0.717, 1.165) is 36.7 Å². The summed E-state index contributed by atoms with van der Waals surface area (Å²) in [4.78, 5) is 12.1. The highest BCUT2D eigenvalue weighted by molar-refractivity contribution is 7.99. The van der Waals surface area contributed by atoms with Crippen LogP contribution < -0.4 is 10.6 Å². The molecule has 0 radical (unpaired) electrons. The van der Waals surface area contributed by atoms with Crippen LogP contribution in [-0.2, 0) is 0 Å². The molecule has 1 saturated carbocycles. The minimum Gasteiger partial charge on any atom is -0.360 e. The fraction of sp³-hybridized carbons (Fsp3) is 0.769. The second-order valence-electron chi connectivity index (χ2n) is 4.90. The Balaban J connectivity index is 1.81. The number of thioether (sulfide) groups is 1. The lowest BCUT2D eigenvalue weighted by Gasteiger charge is -2.11. The number of hydrogen-bond donors (Lipinski definition) is 2. The molecule has 1 amide bonds. The highest BCUT2D eigenvalue weighted by Crippen LogP contribution is 2.30. The van der Waals surface area contributed by atoms with Crippen LogP contribution in [0.1, 0.15) is 49.3 Å². The van der Waals surface area contributed by atoms with Crippen molar-refractivity contribution in [3.63, 3.8) is 0 Å². The molecule has 20 heavy (non-hydrogen) atoms. The number of aromatic nitrogens is 2. The van der Waals surface area contributed by atoms with Crippen molar-refractivity contribution >= 4 is 34.1 Å². The van der Waals surface area contributed by atoms with Crippen LogP contribution in [0.25, 0.3) is 0 Å². The summed E-state index contributed by atoms with van der Waals surface area (Å²) in [7, 11) is 0. The Morgan fingerprint density at radius 2 is 2.25 bits per heavy atom. The molecular formula is C13H22N4OS2. The van der Waals surface area contributed by atoms with Gasteiger partial charge in [-0.2, -0.15) is 11.8 Å². The third kappa shape index (κ3) is 4.34. The van der Waals surface area contributed by atoms with E-state index in [1.54, 1.807) is 0 Å². The van der Waals surface area contributed by atoms with Gasteiger partial charge in [0.25, 0.3) is 5.91 Å². The van der Waals surface area contributed by atoms with Crippen LogP contribution in [0.2, 0.25) is 0 Å². The molecule has 2 rings (SSSR count). The Morgan fingerprint density at radius 3 is 3.00 bits per heavy atom. The van der Waals surface area contributed by atoms with Crippen molar-refractivity contribution < 1.29 is 4.79 Å². The number of rotatable bonds is 7. The molecular weight excluding hydrogens is 292 g/mol. The minimum absolute atomic E-state index is 0.0841. The van der Waals surface area contributed by atoms with E-state index >= 15 is 0 Å². The van der Waals surface area contributed by atoms with Crippen molar-refractivity contribution in [3.05, 3.63) is 5.01 Å². The molecule has 7 heteroatoms. The maximum atomic E-state index is 12.1. The highest BCUT2D eigenvalue weighted by atomic mass is 32.2. The Morgan fingerprint density at radius 1 is 1.40 bits per heavy atom. The number of carbonyl (C=O) groups excluding carboxylic acids is 1. The number of hydrogen-bond acceptors (Lipinski definition) is 6. The number of anilines is 1. The van der Waals surface area contributed by atoms with Gasteiger partial charge >= 0.3 is 0 Å². The molecule has 2 N–H and O–H groups in total. The molecule has 1 aliphatic rings. The Bertz CT molecular complexity index is 438. The predicted molar refractivity (Wildman–Crippen MR) is 85.7 cm³/mol. The molecule has 112 valence electrons. The van der Waals surface area contributed by atoms with Crippen LogP contribution in [-0.4, -0.2) is 39.7 Å². The van der Waals surface area contributed by atoms with Crippen LogP contribution in [0.4, 0.5) is 5.13 Å². The smallest absolute Gasteiger partial charge is 0.282 e. The quantitative estimate of drug-likeness (QED) is 0.810. The van der Waals surface area contributed by atoms with E-state index in [2.05, 4.69) is 34.7 Å². The monoisotopic (exact) mass is 314 g/mol. The average Bonchev–Trinajstić information content (AvgIpc) is 3.06. The topological polar surface area (TPSA) is 66.9 Å². The first-order valence-corrected chi connectivity index (χ1v) is 9.09. The summed E-state index contributed by atoms with van der Waals surface area (Å²) in [5.41, 5.74) is 0. The van der Waals surface area contributed by atoms with Gasteiger partial charge in [-0.05, 0) is 31.4 Å². The summed E-state index contributed by atoms with van der Waals surface area (Å²) in [5, 5.41) is 16.0. The summed E-state index contributed by atoms with van der Waals surface area (Å²) >= 11 is 3.32. The molecule has 5 nitrogen and oxygen atoms in total. The van der Waals surface area contributed by atoms with Crippen LogP contribution >= 0.6 is 23.1 Å². The van der Waals surface area contributed by atoms with E-state index in [0.29, 0.717) is 16.3 Å². The van der Waals surface area contributed by atoms with Crippen LogP contribution in [0, 0.1) is 0 Å². The van der Waals surface area contributed by atoms with Gasteiger partial charge in [0.1, 0.15) is 0 Å². The number of amides is 1. The summed E-state index contributed by atoms with van der Waals surface area (Å²) < 4.78 is 0. The molecule has 1 heterocycles. The van der Waals surface area contributed by atoms with Crippen molar-refractivity contribution in [2.75, 3.05) is 17.6 Å². The van der Waals surface area contributed by atoms with Crippen molar-refractivity contribution in [1.82, 2.24) is 15.5 Å². The number of nitrogens with one attached hydrogen (secondary N) is 2. The van der Waals surface area contributed by atoms with E-state index in [1.807, 2.05) is 11.8 Å². The third-order valence-electron chi connectivity index (χ3n) is 3.27. The normalized spacial score (nSPS) is 21.9. The fourth-order valence-corrected chi connectivity index (χ4v) is 4.14. The predicted octanol–water partition coefficient (Wildman–Crippen LogP) is 2.76. The molecule has 0 bridgehead atoms. The maximum absolute atomic E-state index is 12.1. The zero-order chi connectivity index (χ0) is 14.4.